The van der Waals surface area contributed by atoms with Crippen molar-refractivity contribution in [2.24, 2.45) is 0 Å². The van der Waals surface area contributed by atoms with E-state index in [1.165, 1.54) is 0 Å². The van der Waals surface area contributed by atoms with Gasteiger partial charge in [-0.2, -0.15) is 0 Å². The van der Waals surface area contributed by atoms with E-state index in [1.54, 1.807) is 6.07 Å². The third kappa shape index (κ3) is 2.41. The highest BCUT2D eigenvalue weighted by molar-refractivity contribution is 6.35. The molecule has 1 heterocycles. The van der Waals surface area contributed by atoms with Crippen molar-refractivity contribution in [2.75, 3.05) is 6.54 Å². The molecule has 0 fully saturated rings. The van der Waals surface area contributed by atoms with Gasteiger partial charge in [0.15, 0.2) is 0 Å². The molecule has 0 aliphatic carbocycles. The molecule has 17 heavy (non-hydrogen) atoms. The summed E-state index contributed by atoms with van der Waals surface area (Å²) in [6.45, 7) is 6.96. The lowest BCUT2D eigenvalue weighted by molar-refractivity contribution is 0.530. The number of hydrogen-bond acceptors (Lipinski definition) is 1. The van der Waals surface area contributed by atoms with Gasteiger partial charge < -0.3 is 4.90 Å². The van der Waals surface area contributed by atoms with Crippen molar-refractivity contribution in [3.8, 4) is 0 Å². The molecule has 3 heteroatoms. The molecule has 1 aliphatic rings. The topological polar surface area (TPSA) is 3.24 Å². The average Bonchev–Trinajstić information content (AvgIpc) is 2.29. The van der Waals surface area contributed by atoms with Gasteiger partial charge in [-0.15, -0.1) is 0 Å². The van der Waals surface area contributed by atoms with E-state index < -0.39 is 0 Å². The molecule has 0 N–H and O–H groups in total. The van der Waals surface area contributed by atoms with Crippen LogP contribution in [0.15, 0.2) is 48.7 Å². The van der Waals surface area contributed by atoms with Crippen molar-refractivity contribution in [1.82, 2.24) is 4.90 Å². The molecule has 0 saturated carbocycles. The maximum absolute atomic E-state index is 6.23. The van der Waals surface area contributed by atoms with Crippen LogP contribution in [0.4, 0.5) is 0 Å². The minimum absolute atomic E-state index is 0.646. The van der Waals surface area contributed by atoms with Gasteiger partial charge in [0.25, 0.3) is 0 Å². The van der Waals surface area contributed by atoms with Crippen LogP contribution in [0, 0.1) is 0 Å². The van der Waals surface area contributed by atoms with Crippen molar-refractivity contribution in [1.29, 1.82) is 0 Å². The molecule has 1 nitrogen and oxygen atoms in total. The Kier molecular flexibility index (Phi) is 3.60. The zero-order valence-electron chi connectivity index (χ0n) is 9.58. The summed E-state index contributed by atoms with van der Waals surface area (Å²) in [5, 5.41) is 1.30. The second-order valence-corrected chi connectivity index (χ2v) is 4.61. The smallest absolute Gasteiger partial charge is 0.0514 e. The van der Waals surface area contributed by atoms with E-state index >= 15 is 0 Å². The fourth-order valence-corrected chi connectivity index (χ4v) is 2.40. The molecule has 0 unspecified atom stereocenters. The molecule has 1 aliphatic heterocycles. The predicted molar refractivity (Wildman–Crippen MR) is 75.1 cm³/mol. The molecule has 88 valence electrons. The van der Waals surface area contributed by atoms with E-state index in [4.69, 9.17) is 23.2 Å². The Morgan fingerprint density at radius 2 is 2.06 bits per heavy atom. The lowest BCUT2D eigenvalue weighted by Gasteiger charge is -2.29. The van der Waals surface area contributed by atoms with Crippen molar-refractivity contribution in [2.45, 2.75) is 6.92 Å². The van der Waals surface area contributed by atoms with Crippen LogP contribution >= 0.6 is 23.2 Å². The molecular weight excluding hydrogens is 253 g/mol. The zero-order chi connectivity index (χ0) is 12.4. The van der Waals surface area contributed by atoms with E-state index in [2.05, 4.69) is 18.4 Å². The summed E-state index contributed by atoms with van der Waals surface area (Å²) in [5.74, 6) is 0. The lowest BCUT2D eigenvalue weighted by atomic mass is 10.1. The maximum atomic E-state index is 6.23. The lowest BCUT2D eigenvalue weighted by Crippen LogP contribution is -2.21. The molecule has 0 aromatic heterocycles. The van der Waals surface area contributed by atoms with Gasteiger partial charge >= 0.3 is 0 Å². The van der Waals surface area contributed by atoms with E-state index in [1.807, 2.05) is 30.4 Å². The van der Waals surface area contributed by atoms with Crippen LogP contribution in [0.5, 0.6) is 0 Å². The SMILES string of the molecule is C=C1C=CC=C(c2ccc(Cl)cc2Cl)N1CC. The fourth-order valence-electron chi connectivity index (χ4n) is 1.89. The summed E-state index contributed by atoms with van der Waals surface area (Å²) in [4.78, 5) is 2.12. The third-order valence-corrected chi connectivity index (χ3v) is 3.25. The molecule has 0 amide bonds. The summed E-state index contributed by atoms with van der Waals surface area (Å²) in [5.41, 5.74) is 3.00. The fraction of sp³-hybridized carbons (Fsp3) is 0.143. The van der Waals surface area contributed by atoms with E-state index in [-0.39, 0.29) is 0 Å². The van der Waals surface area contributed by atoms with Crippen LogP contribution in [0.1, 0.15) is 12.5 Å². The van der Waals surface area contributed by atoms with Crippen LogP contribution in [0.25, 0.3) is 5.70 Å². The molecule has 1 aromatic carbocycles. The Labute approximate surface area is 112 Å². The number of rotatable bonds is 2. The normalized spacial score (nSPS) is 15.1. The van der Waals surface area contributed by atoms with Gasteiger partial charge in [-0.05, 0) is 37.3 Å². The first-order valence-corrected chi connectivity index (χ1v) is 6.19. The zero-order valence-corrected chi connectivity index (χ0v) is 11.1. The number of allylic oxidation sites excluding steroid dienone is 3. The molecule has 2 rings (SSSR count). The Bertz CT molecular complexity index is 515. The second kappa shape index (κ2) is 4.99. The van der Waals surface area contributed by atoms with Gasteiger partial charge in [-0.25, -0.2) is 0 Å². The Hall–Kier alpha value is -1.18. The number of nitrogens with zero attached hydrogens (tertiary/aromatic N) is 1. The van der Waals surface area contributed by atoms with Crippen molar-refractivity contribution in [3.05, 3.63) is 64.3 Å². The highest BCUT2D eigenvalue weighted by Crippen LogP contribution is 2.32. The minimum Gasteiger partial charge on any atom is -0.342 e. The Balaban J connectivity index is 2.48. The van der Waals surface area contributed by atoms with E-state index in [9.17, 15) is 0 Å². The standard InChI is InChI=1S/C14H13Cl2N/c1-3-17-10(2)5-4-6-14(17)12-8-7-11(15)9-13(12)16/h4-9H,2-3H2,1H3. The van der Waals surface area contributed by atoms with E-state index in [0.717, 1.165) is 23.5 Å². The van der Waals surface area contributed by atoms with Gasteiger partial charge in [0.05, 0.1) is 5.02 Å². The Morgan fingerprint density at radius 3 is 2.71 bits per heavy atom. The summed E-state index contributed by atoms with van der Waals surface area (Å²) >= 11 is 12.1. The van der Waals surface area contributed by atoms with Crippen molar-refractivity contribution in [3.63, 3.8) is 0 Å². The van der Waals surface area contributed by atoms with Crippen LogP contribution in [-0.4, -0.2) is 11.4 Å². The molecule has 0 saturated heterocycles. The number of likely N-dealkylation sites (N-methyl/N-ethyl adjacent to an activating group) is 1. The van der Waals surface area contributed by atoms with Gasteiger partial charge in [-0.3, -0.25) is 0 Å². The van der Waals surface area contributed by atoms with E-state index in [0.29, 0.717) is 10.0 Å². The van der Waals surface area contributed by atoms with Gasteiger partial charge in [0.1, 0.15) is 0 Å². The van der Waals surface area contributed by atoms with Crippen LogP contribution in [0.3, 0.4) is 0 Å². The molecule has 0 radical (unpaired) electrons. The summed E-state index contributed by atoms with van der Waals surface area (Å²) in [6.07, 6.45) is 6.00. The van der Waals surface area contributed by atoms with Crippen LogP contribution < -0.4 is 0 Å². The second-order valence-electron chi connectivity index (χ2n) is 3.77. The monoisotopic (exact) mass is 265 g/mol. The quantitative estimate of drug-likeness (QED) is 0.747. The number of halogens is 2. The third-order valence-electron chi connectivity index (χ3n) is 2.70. The van der Waals surface area contributed by atoms with Gasteiger partial charge in [0.2, 0.25) is 0 Å². The largest absolute Gasteiger partial charge is 0.342 e. The van der Waals surface area contributed by atoms with Crippen LogP contribution in [0.2, 0.25) is 10.0 Å². The molecule has 1 aromatic rings. The molecule has 0 spiro atoms. The average molecular weight is 266 g/mol. The minimum atomic E-state index is 0.646. The highest BCUT2D eigenvalue weighted by atomic mass is 35.5. The summed E-state index contributed by atoms with van der Waals surface area (Å²) in [6, 6.07) is 5.54. The first kappa shape index (κ1) is 12.3. The number of hydrogen-bond donors (Lipinski definition) is 0. The molecule has 0 bridgehead atoms. The van der Waals surface area contributed by atoms with Crippen LogP contribution in [-0.2, 0) is 0 Å². The molecular formula is C14H13Cl2N. The first-order chi connectivity index (χ1) is 8.13. The maximum Gasteiger partial charge on any atom is 0.0514 e. The van der Waals surface area contributed by atoms with Gasteiger partial charge in [0, 0.05) is 28.5 Å². The van der Waals surface area contributed by atoms with Crippen molar-refractivity contribution >= 4 is 28.9 Å². The number of benzene rings is 1. The predicted octanol–water partition coefficient (Wildman–Crippen LogP) is 4.74. The highest BCUT2D eigenvalue weighted by Gasteiger charge is 2.16. The Morgan fingerprint density at radius 1 is 1.29 bits per heavy atom. The van der Waals surface area contributed by atoms with Gasteiger partial charge in [-0.1, -0.05) is 35.9 Å². The summed E-state index contributed by atoms with van der Waals surface area (Å²) < 4.78 is 0. The molecule has 0 atom stereocenters. The van der Waals surface area contributed by atoms with Crippen molar-refractivity contribution < 1.29 is 0 Å². The summed E-state index contributed by atoms with van der Waals surface area (Å²) in [7, 11) is 0. The first-order valence-electron chi connectivity index (χ1n) is 5.43.